The van der Waals surface area contributed by atoms with E-state index in [0.717, 1.165) is 50.6 Å². The Labute approximate surface area is 341 Å². The van der Waals surface area contributed by atoms with Gasteiger partial charge < -0.3 is 51.6 Å². The zero-order valence-electron chi connectivity index (χ0n) is 34.6. The van der Waals surface area contributed by atoms with Crippen LogP contribution in [0, 0.1) is 0 Å². The molecule has 8 N–H and O–H groups in total. The topological polar surface area (TPSA) is 251 Å². The monoisotopic (exact) mass is 812 g/mol. The van der Waals surface area contributed by atoms with Gasteiger partial charge in [-0.15, -0.1) is 0 Å². The van der Waals surface area contributed by atoms with Crippen LogP contribution in [0.4, 0.5) is 28.3 Å². The van der Waals surface area contributed by atoms with Gasteiger partial charge in [-0.3, -0.25) is 14.5 Å². The van der Waals surface area contributed by atoms with Gasteiger partial charge in [0.05, 0.1) is 12.6 Å². The lowest BCUT2D eigenvalue weighted by Gasteiger charge is -2.24. The average molecular weight is 813 g/mol. The van der Waals surface area contributed by atoms with Crippen molar-refractivity contribution < 1.29 is 39.3 Å². The molecule has 18 heteroatoms. The van der Waals surface area contributed by atoms with E-state index in [-0.39, 0.29) is 31.2 Å². The van der Waals surface area contributed by atoms with E-state index in [0.29, 0.717) is 68.8 Å². The first-order valence-corrected chi connectivity index (χ1v) is 20.1. The van der Waals surface area contributed by atoms with Crippen LogP contribution in [0.15, 0.2) is 36.1 Å². The van der Waals surface area contributed by atoms with Gasteiger partial charge in [0.25, 0.3) is 0 Å². The number of benzene rings is 1. The molecule has 3 atom stereocenters. The third-order valence-electron chi connectivity index (χ3n) is 9.23. The van der Waals surface area contributed by atoms with Crippen LogP contribution >= 0.6 is 0 Å². The van der Waals surface area contributed by atoms with Crippen LogP contribution < -0.4 is 31.5 Å². The molecule has 0 saturated heterocycles. The van der Waals surface area contributed by atoms with Crippen LogP contribution in [-0.4, -0.2) is 124 Å². The molecule has 0 aliphatic heterocycles. The summed E-state index contributed by atoms with van der Waals surface area (Å²) in [6.45, 7) is 5.73. The molecule has 0 aliphatic rings. The maximum Gasteiger partial charge on any atom is 0.326 e. The number of rotatable bonds is 30. The molecule has 0 fully saturated rings. The molecule has 1 heterocycles. The van der Waals surface area contributed by atoms with E-state index in [2.05, 4.69) is 65.5 Å². The van der Waals surface area contributed by atoms with Crippen molar-refractivity contribution in [2.24, 2.45) is 0 Å². The van der Waals surface area contributed by atoms with Crippen molar-refractivity contribution in [3.05, 3.63) is 41.7 Å². The Bertz CT molecular complexity index is 1610. The van der Waals surface area contributed by atoms with Gasteiger partial charge in [-0.25, -0.2) is 9.59 Å². The molecule has 2 rings (SSSR count). The van der Waals surface area contributed by atoms with Crippen molar-refractivity contribution in [1.82, 2.24) is 35.8 Å². The van der Waals surface area contributed by atoms with E-state index < -0.39 is 30.1 Å². The number of unbranched alkanes of at least 4 members (excludes halogenated alkanes) is 5. The predicted octanol–water partition coefficient (Wildman–Crippen LogP) is 4.62. The molecule has 18 nitrogen and oxygen atoms in total. The molecule has 1 aromatic heterocycles. The zero-order chi connectivity index (χ0) is 42.9. The smallest absolute Gasteiger partial charge is 0.326 e. The Morgan fingerprint density at radius 2 is 1.48 bits per heavy atom. The number of carbonyl (C=O) groups excluding carboxylic acids is 3. The minimum atomic E-state index is -1.24. The van der Waals surface area contributed by atoms with Gasteiger partial charge in [-0.05, 0) is 89.1 Å². The number of carboxylic acids is 2. The summed E-state index contributed by atoms with van der Waals surface area (Å²) in [4.78, 5) is 75.3. The van der Waals surface area contributed by atoms with Crippen molar-refractivity contribution in [3.8, 4) is 0 Å². The van der Waals surface area contributed by atoms with Gasteiger partial charge in [0.15, 0.2) is 0 Å². The standard InChI is InChI=1S/C40H64N10O8/c1-6-14-32(52)26-50(5)28(2)25-29-17-19-30(20-18-29)43-38-46-37(47-39(48-38)49(3)4)42-24-12-9-7-8-10-16-34(53)41-23-13-11-15-33(36(56)57)45-40(58)44-31(27-51)21-22-35(54)55/h14,17-20,27-28,31,33,52H,6-13,15-16,21-26H2,1-5H3,(H,41,53)(H,54,55)(H,56,57)(H2,44,45,58)(H2,42,43,46,47,48)/b32-14+/t28?,31-,33-/m0/s1. The number of carbonyl (C=O) groups is 5. The van der Waals surface area contributed by atoms with E-state index >= 15 is 0 Å². The average Bonchev–Trinajstić information content (AvgIpc) is 3.17. The predicted molar refractivity (Wildman–Crippen MR) is 224 cm³/mol. The summed E-state index contributed by atoms with van der Waals surface area (Å²) in [6, 6.07) is 5.30. The largest absolute Gasteiger partial charge is 0.511 e. The first kappa shape index (κ1) is 48.6. The summed E-state index contributed by atoms with van der Waals surface area (Å²) < 4.78 is 0. The van der Waals surface area contributed by atoms with Crippen LogP contribution in [0.1, 0.15) is 96.5 Å². The number of likely N-dealkylation sites (N-methyl/N-ethyl adjacent to an activating group) is 1. The Kier molecular flexibility index (Phi) is 22.8. The van der Waals surface area contributed by atoms with Crippen molar-refractivity contribution in [3.63, 3.8) is 0 Å². The Hall–Kier alpha value is -5.52. The number of aromatic nitrogens is 3. The van der Waals surface area contributed by atoms with E-state index in [4.69, 9.17) is 5.11 Å². The maximum absolute atomic E-state index is 12.3. The van der Waals surface area contributed by atoms with Crippen molar-refractivity contribution in [2.75, 3.05) is 56.3 Å². The fourth-order valence-corrected chi connectivity index (χ4v) is 5.77. The number of hydrogen-bond donors (Lipinski definition) is 8. The third-order valence-corrected chi connectivity index (χ3v) is 9.23. The lowest BCUT2D eigenvalue weighted by Crippen LogP contribution is -2.49. The van der Waals surface area contributed by atoms with Crippen molar-refractivity contribution >= 4 is 53.7 Å². The molecule has 0 saturated carbocycles. The fourth-order valence-electron chi connectivity index (χ4n) is 5.77. The Morgan fingerprint density at radius 1 is 0.810 bits per heavy atom. The molecule has 3 amide bonds. The summed E-state index contributed by atoms with van der Waals surface area (Å²) in [5.74, 6) is -0.602. The summed E-state index contributed by atoms with van der Waals surface area (Å²) in [5.41, 5.74) is 2.04. The second-order valence-corrected chi connectivity index (χ2v) is 14.5. The zero-order valence-corrected chi connectivity index (χ0v) is 34.6. The van der Waals surface area contributed by atoms with Crippen LogP contribution in [0.3, 0.4) is 0 Å². The number of nitrogens with one attached hydrogen (secondary N) is 5. The number of aliphatic hydroxyl groups excluding tert-OH is 1. The summed E-state index contributed by atoms with van der Waals surface area (Å²) >= 11 is 0. The van der Waals surface area contributed by atoms with Crippen molar-refractivity contribution in [1.29, 1.82) is 0 Å². The molecule has 0 radical (unpaired) electrons. The molecule has 0 bridgehead atoms. The van der Waals surface area contributed by atoms with E-state index in [1.165, 1.54) is 5.56 Å². The van der Waals surface area contributed by atoms with Crippen LogP contribution in [-0.2, 0) is 25.6 Å². The van der Waals surface area contributed by atoms with Gasteiger partial charge in [-0.1, -0.05) is 38.3 Å². The molecule has 322 valence electrons. The minimum absolute atomic E-state index is 0.0718. The highest BCUT2D eigenvalue weighted by atomic mass is 16.4. The molecular formula is C40H64N10O8. The number of amides is 3. The lowest BCUT2D eigenvalue weighted by atomic mass is 10.1. The highest BCUT2D eigenvalue weighted by molar-refractivity contribution is 5.84. The van der Waals surface area contributed by atoms with Gasteiger partial charge in [0.2, 0.25) is 23.8 Å². The van der Waals surface area contributed by atoms with Crippen LogP contribution in [0.25, 0.3) is 0 Å². The lowest BCUT2D eigenvalue weighted by molar-refractivity contribution is -0.139. The minimum Gasteiger partial charge on any atom is -0.511 e. The number of allylic oxidation sites excluding steroid dienone is 1. The van der Waals surface area contributed by atoms with Crippen molar-refractivity contribution in [2.45, 2.75) is 115 Å². The Balaban J connectivity index is 1.65. The maximum atomic E-state index is 12.3. The highest BCUT2D eigenvalue weighted by Gasteiger charge is 2.21. The summed E-state index contributed by atoms with van der Waals surface area (Å²) in [7, 11) is 5.76. The molecule has 1 aromatic carbocycles. The third kappa shape index (κ3) is 20.6. The van der Waals surface area contributed by atoms with Crippen LogP contribution in [0.5, 0.6) is 0 Å². The van der Waals surface area contributed by atoms with Gasteiger partial charge in [0.1, 0.15) is 18.1 Å². The molecule has 2 aromatic rings. The van der Waals surface area contributed by atoms with E-state index in [1.54, 1.807) is 0 Å². The number of aliphatic hydroxyl groups is 1. The highest BCUT2D eigenvalue weighted by Crippen LogP contribution is 2.19. The normalized spacial score (nSPS) is 12.9. The van der Waals surface area contributed by atoms with Gasteiger partial charge in [0, 0.05) is 51.8 Å². The second-order valence-electron chi connectivity index (χ2n) is 14.5. The van der Waals surface area contributed by atoms with E-state index in [9.17, 15) is 34.2 Å². The van der Waals surface area contributed by atoms with Gasteiger partial charge in [-0.2, -0.15) is 15.0 Å². The number of aldehydes is 1. The van der Waals surface area contributed by atoms with Crippen LogP contribution in [0.2, 0.25) is 0 Å². The number of anilines is 4. The Morgan fingerprint density at radius 3 is 2.14 bits per heavy atom. The second kappa shape index (κ2) is 27.2. The van der Waals surface area contributed by atoms with Gasteiger partial charge >= 0.3 is 18.0 Å². The fraction of sp³-hybridized carbons (Fsp3) is 0.600. The number of urea groups is 1. The molecule has 58 heavy (non-hydrogen) atoms. The quantitative estimate of drug-likeness (QED) is 0.0305. The molecule has 0 aliphatic carbocycles. The number of carboxylic acid groups (broad SMARTS) is 2. The number of hydrogen-bond acceptors (Lipinski definition) is 13. The summed E-state index contributed by atoms with van der Waals surface area (Å²) in [5, 5.41) is 42.2. The first-order chi connectivity index (χ1) is 27.7. The molecule has 1 unspecified atom stereocenters. The number of aliphatic carboxylic acids is 2. The molecule has 0 spiro atoms. The summed E-state index contributed by atoms with van der Waals surface area (Å²) in [6.07, 6.45) is 9.42. The van der Waals surface area contributed by atoms with E-state index in [1.807, 2.05) is 51.2 Å². The first-order valence-electron chi connectivity index (χ1n) is 20.1. The molecular weight excluding hydrogens is 749 g/mol. The SMILES string of the molecule is CC/C=C(/O)CN(C)C(C)Cc1ccc(Nc2nc(NCCCCCCCC(=O)NCCCC[C@H](NC(=O)N[C@H](C=O)CCC(=O)O)C(=O)O)nc(N(C)C)n2)cc1. The number of nitrogens with zero attached hydrogens (tertiary/aromatic N) is 5.